The van der Waals surface area contributed by atoms with Gasteiger partial charge in [-0.15, -0.1) is 36.2 Å². The minimum Gasteiger partial charge on any atom is -0.381 e. The summed E-state index contributed by atoms with van der Waals surface area (Å²) in [7, 11) is 0. The molecule has 0 spiro atoms. The fourth-order valence-corrected chi connectivity index (χ4v) is 3.85. The number of hydrogen-bond acceptors (Lipinski definition) is 5. The Kier molecular flexibility index (Phi) is 8.27. The van der Waals surface area contributed by atoms with Crippen molar-refractivity contribution >= 4 is 42.1 Å². The van der Waals surface area contributed by atoms with Crippen LogP contribution in [0.25, 0.3) is 0 Å². The molecule has 1 aromatic rings. The van der Waals surface area contributed by atoms with Crippen molar-refractivity contribution in [2.45, 2.75) is 31.3 Å². The largest absolute Gasteiger partial charge is 0.381 e. The first-order valence-electron chi connectivity index (χ1n) is 7.60. The van der Waals surface area contributed by atoms with E-state index in [0.29, 0.717) is 32.6 Å². The molecule has 132 valence electrons. The number of amides is 1. The second-order valence-corrected chi connectivity index (χ2v) is 6.92. The third kappa shape index (κ3) is 5.05. The van der Waals surface area contributed by atoms with Crippen molar-refractivity contribution in [2.24, 2.45) is 5.73 Å². The molecule has 2 aliphatic rings. The Morgan fingerprint density at radius 1 is 1.39 bits per heavy atom. The molecular weight excluding hydrogens is 357 g/mol. The fourth-order valence-electron chi connectivity index (χ4n) is 2.96. The van der Waals surface area contributed by atoms with Gasteiger partial charge in [0, 0.05) is 44.3 Å². The van der Waals surface area contributed by atoms with Crippen LogP contribution in [0.1, 0.15) is 23.3 Å². The average Bonchev–Trinajstić information content (AvgIpc) is 2.95. The van der Waals surface area contributed by atoms with Crippen LogP contribution in [0.4, 0.5) is 0 Å². The van der Waals surface area contributed by atoms with Crippen LogP contribution in [0.15, 0.2) is 11.4 Å². The fraction of sp³-hybridized carbons (Fsp3) is 0.667. The molecule has 2 aliphatic heterocycles. The number of halogens is 2. The summed E-state index contributed by atoms with van der Waals surface area (Å²) in [5.74, 6) is -0.0287. The van der Waals surface area contributed by atoms with Gasteiger partial charge in [-0.3, -0.25) is 9.69 Å². The Balaban J connectivity index is 0.00000132. The lowest BCUT2D eigenvalue weighted by Gasteiger charge is -2.32. The van der Waals surface area contributed by atoms with Crippen molar-refractivity contribution in [3.05, 3.63) is 21.9 Å². The summed E-state index contributed by atoms with van der Waals surface area (Å²) < 4.78 is 5.27. The third-order valence-electron chi connectivity index (χ3n) is 4.44. The number of hydrogen-bond donors (Lipinski definition) is 2. The zero-order valence-corrected chi connectivity index (χ0v) is 15.5. The summed E-state index contributed by atoms with van der Waals surface area (Å²) in [6, 6.07) is 2.21. The molecule has 0 aliphatic carbocycles. The number of nitrogens with one attached hydrogen (secondary N) is 1. The van der Waals surface area contributed by atoms with E-state index >= 15 is 0 Å². The Morgan fingerprint density at radius 3 is 2.87 bits per heavy atom. The van der Waals surface area contributed by atoms with Gasteiger partial charge >= 0.3 is 0 Å². The van der Waals surface area contributed by atoms with Gasteiger partial charge in [0.25, 0.3) is 0 Å². The van der Waals surface area contributed by atoms with E-state index < -0.39 is 5.54 Å². The lowest BCUT2D eigenvalue weighted by molar-refractivity contribution is -0.129. The van der Waals surface area contributed by atoms with Crippen molar-refractivity contribution in [3.63, 3.8) is 0 Å². The lowest BCUT2D eigenvalue weighted by atomic mass is 9.90. The molecule has 23 heavy (non-hydrogen) atoms. The highest BCUT2D eigenvalue weighted by atomic mass is 35.5. The highest BCUT2D eigenvalue weighted by Gasteiger charge is 2.35. The first kappa shape index (κ1) is 20.7. The van der Waals surface area contributed by atoms with Gasteiger partial charge in [-0.2, -0.15) is 0 Å². The predicted octanol–water partition coefficient (Wildman–Crippen LogP) is 1.57. The molecule has 0 unspecified atom stereocenters. The van der Waals surface area contributed by atoms with E-state index in [0.717, 1.165) is 26.1 Å². The Bertz CT molecular complexity index is 507. The first-order valence-corrected chi connectivity index (χ1v) is 8.48. The number of ether oxygens (including phenoxy) is 1. The molecule has 1 aromatic heterocycles. The molecular formula is C15H25Cl2N3O2S. The Labute approximate surface area is 153 Å². The maximum atomic E-state index is 12.2. The van der Waals surface area contributed by atoms with Crippen molar-refractivity contribution in [1.29, 1.82) is 0 Å². The molecule has 1 fully saturated rings. The van der Waals surface area contributed by atoms with Crippen LogP contribution in [0.3, 0.4) is 0 Å². The monoisotopic (exact) mass is 381 g/mol. The molecule has 1 amide bonds. The Hall–Kier alpha value is -0.370. The average molecular weight is 382 g/mol. The summed E-state index contributed by atoms with van der Waals surface area (Å²) in [6.07, 6.45) is 2.35. The SMILES string of the molecule is Cl.Cl.NC1(C(=O)NCCN2CCc3sccc3C2)CCOCC1. The van der Waals surface area contributed by atoms with Crippen molar-refractivity contribution < 1.29 is 9.53 Å². The molecule has 3 heterocycles. The minimum atomic E-state index is -0.735. The summed E-state index contributed by atoms with van der Waals surface area (Å²) >= 11 is 1.85. The van der Waals surface area contributed by atoms with Crippen molar-refractivity contribution in [3.8, 4) is 0 Å². The quantitative estimate of drug-likeness (QED) is 0.830. The predicted molar refractivity (Wildman–Crippen MR) is 97.8 cm³/mol. The van der Waals surface area contributed by atoms with Gasteiger partial charge in [-0.25, -0.2) is 0 Å². The first-order chi connectivity index (χ1) is 10.2. The van der Waals surface area contributed by atoms with E-state index in [9.17, 15) is 4.79 Å². The molecule has 0 atom stereocenters. The topological polar surface area (TPSA) is 67.6 Å². The summed E-state index contributed by atoms with van der Waals surface area (Å²) in [5, 5.41) is 5.17. The van der Waals surface area contributed by atoms with Crippen LogP contribution >= 0.6 is 36.2 Å². The van der Waals surface area contributed by atoms with Crippen LogP contribution in [0.5, 0.6) is 0 Å². The number of nitrogens with two attached hydrogens (primary N) is 1. The number of carbonyl (C=O) groups excluding carboxylic acids is 1. The maximum absolute atomic E-state index is 12.2. The van der Waals surface area contributed by atoms with E-state index in [1.807, 2.05) is 11.3 Å². The molecule has 8 heteroatoms. The number of carbonyl (C=O) groups is 1. The maximum Gasteiger partial charge on any atom is 0.240 e. The van der Waals surface area contributed by atoms with Crippen molar-refractivity contribution in [2.75, 3.05) is 32.8 Å². The standard InChI is InChI=1S/C15H23N3O2S.2ClH/c16-15(3-8-20-9-4-15)14(19)17-5-7-18-6-1-13-12(11-18)2-10-21-13;;/h2,10H,1,3-9,11,16H2,(H,17,19);2*1H. The van der Waals surface area contributed by atoms with E-state index in [1.165, 1.54) is 10.4 Å². The molecule has 3 N–H and O–H groups in total. The van der Waals surface area contributed by atoms with E-state index in [1.54, 1.807) is 0 Å². The number of thiophene rings is 1. The molecule has 0 aromatic carbocycles. The molecule has 1 saturated heterocycles. The smallest absolute Gasteiger partial charge is 0.240 e. The van der Waals surface area contributed by atoms with Crippen LogP contribution in [-0.2, 0) is 22.5 Å². The van der Waals surface area contributed by atoms with Gasteiger partial charge in [0.05, 0.1) is 5.54 Å². The zero-order valence-electron chi connectivity index (χ0n) is 13.1. The van der Waals surface area contributed by atoms with Gasteiger partial charge in [-0.1, -0.05) is 0 Å². The van der Waals surface area contributed by atoms with Gasteiger partial charge in [-0.05, 0) is 36.3 Å². The normalized spacial score (nSPS) is 19.9. The molecule has 0 bridgehead atoms. The van der Waals surface area contributed by atoms with Gasteiger partial charge in [0.1, 0.15) is 0 Å². The third-order valence-corrected chi connectivity index (χ3v) is 5.46. The number of rotatable bonds is 4. The molecule has 0 radical (unpaired) electrons. The number of nitrogens with zero attached hydrogens (tertiary/aromatic N) is 1. The molecule has 0 saturated carbocycles. The summed E-state index contributed by atoms with van der Waals surface area (Å²) in [6.45, 7) is 4.78. The highest BCUT2D eigenvalue weighted by Crippen LogP contribution is 2.23. The van der Waals surface area contributed by atoms with E-state index in [-0.39, 0.29) is 30.7 Å². The van der Waals surface area contributed by atoms with E-state index in [2.05, 4.69) is 21.7 Å². The van der Waals surface area contributed by atoms with Gasteiger partial charge in [0.2, 0.25) is 5.91 Å². The van der Waals surface area contributed by atoms with Crippen LogP contribution in [-0.4, -0.2) is 49.2 Å². The molecule has 5 nitrogen and oxygen atoms in total. The van der Waals surface area contributed by atoms with Crippen LogP contribution < -0.4 is 11.1 Å². The lowest BCUT2D eigenvalue weighted by Crippen LogP contribution is -2.57. The molecule has 3 rings (SSSR count). The van der Waals surface area contributed by atoms with Gasteiger partial charge in [0.15, 0.2) is 0 Å². The van der Waals surface area contributed by atoms with Crippen LogP contribution in [0.2, 0.25) is 0 Å². The number of fused-ring (bicyclic) bond motifs is 1. The summed E-state index contributed by atoms with van der Waals surface area (Å²) in [4.78, 5) is 16.1. The summed E-state index contributed by atoms with van der Waals surface area (Å²) in [5.41, 5.74) is 6.87. The zero-order chi connectivity index (χ0) is 14.7. The van der Waals surface area contributed by atoms with Crippen LogP contribution in [0, 0.1) is 0 Å². The Morgan fingerprint density at radius 2 is 2.13 bits per heavy atom. The van der Waals surface area contributed by atoms with Gasteiger partial charge < -0.3 is 15.8 Å². The second-order valence-electron chi connectivity index (χ2n) is 5.92. The second kappa shape index (κ2) is 9.20. The van der Waals surface area contributed by atoms with E-state index in [4.69, 9.17) is 10.5 Å². The highest BCUT2D eigenvalue weighted by molar-refractivity contribution is 7.10. The van der Waals surface area contributed by atoms with Crippen molar-refractivity contribution in [1.82, 2.24) is 10.2 Å². The minimum absolute atomic E-state index is 0.